The van der Waals surface area contributed by atoms with Gasteiger partial charge in [-0.15, -0.1) is 0 Å². The quantitative estimate of drug-likeness (QED) is 0.655. The maximum Gasteiger partial charge on any atom is 0.332 e. The third-order valence-electron chi connectivity index (χ3n) is 5.11. The maximum atomic E-state index is 9.81. The van der Waals surface area contributed by atoms with Crippen molar-refractivity contribution in [2.45, 2.75) is 59.2 Å². The van der Waals surface area contributed by atoms with Gasteiger partial charge in [0.1, 0.15) is 6.10 Å². The third-order valence-corrected chi connectivity index (χ3v) is 5.11. The highest BCUT2D eigenvalue weighted by molar-refractivity contribution is 5.71. The molecule has 0 amide bonds. The molecule has 3 N–H and O–H groups in total. The number of carboxylic acid groups (broad SMARTS) is 1. The molecule has 4 unspecified atom stereocenters. The van der Waals surface area contributed by atoms with Crippen molar-refractivity contribution in [3.05, 3.63) is 0 Å². The highest BCUT2D eigenvalue weighted by atomic mass is 16.4. The van der Waals surface area contributed by atoms with Crippen LogP contribution in [-0.2, 0) is 4.79 Å². The Hall–Kier alpha value is -0.610. The van der Waals surface area contributed by atoms with Crippen molar-refractivity contribution in [3.63, 3.8) is 0 Å². The lowest BCUT2D eigenvalue weighted by molar-refractivity contribution is -0.145. The molecule has 2 bridgehead atoms. The lowest BCUT2D eigenvalue weighted by atomic mass is 9.70. The Morgan fingerprint density at radius 3 is 1.94 bits per heavy atom. The molecule has 17 heavy (non-hydrogen) atoms. The van der Waals surface area contributed by atoms with Crippen LogP contribution in [-0.4, -0.2) is 33.5 Å². The van der Waals surface area contributed by atoms with Crippen LogP contribution in [0.25, 0.3) is 0 Å². The van der Waals surface area contributed by atoms with Gasteiger partial charge in [-0.25, -0.2) is 4.79 Å². The minimum Gasteiger partial charge on any atom is -0.479 e. The zero-order valence-corrected chi connectivity index (χ0v) is 11.1. The van der Waals surface area contributed by atoms with Gasteiger partial charge in [0.15, 0.2) is 0 Å². The molecule has 0 radical (unpaired) electrons. The molecule has 0 aromatic heterocycles. The molecule has 4 atom stereocenters. The summed E-state index contributed by atoms with van der Waals surface area (Å²) in [5, 5.41) is 25.6. The molecule has 0 aliphatic heterocycles. The monoisotopic (exact) mass is 244 g/mol. The van der Waals surface area contributed by atoms with E-state index in [0.29, 0.717) is 5.41 Å². The lowest BCUT2D eigenvalue weighted by Crippen LogP contribution is -2.35. The molecule has 2 aliphatic rings. The van der Waals surface area contributed by atoms with E-state index < -0.39 is 12.1 Å². The predicted octanol–water partition coefficient (Wildman–Crippen LogP) is 1.65. The highest BCUT2D eigenvalue weighted by Gasteiger charge is 2.60. The number of aliphatic hydroxyl groups excluding tert-OH is 2. The summed E-state index contributed by atoms with van der Waals surface area (Å²) in [7, 11) is 0. The van der Waals surface area contributed by atoms with Crippen LogP contribution in [0.3, 0.4) is 0 Å². The van der Waals surface area contributed by atoms with Crippen molar-refractivity contribution in [1.82, 2.24) is 0 Å². The number of carboxylic acids is 1. The van der Waals surface area contributed by atoms with Crippen molar-refractivity contribution < 1.29 is 20.1 Å². The van der Waals surface area contributed by atoms with E-state index in [9.17, 15) is 9.90 Å². The van der Waals surface area contributed by atoms with Crippen LogP contribution < -0.4 is 0 Å². The van der Waals surface area contributed by atoms with Crippen molar-refractivity contribution in [1.29, 1.82) is 0 Å². The Bertz CT molecular complexity index is 298. The molecule has 0 aromatic carbocycles. The van der Waals surface area contributed by atoms with Gasteiger partial charge in [-0.2, -0.15) is 0 Å². The van der Waals surface area contributed by atoms with Gasteiger partial charge in [0.2, 0.25) is 0 Å². The second kappa shape index (κ2) is 4.58. The molecule has 2 rings (SSSR count). The Morgan fingerprint density at radius 1 is 1.35 bits per heavy atom. The van der Waals surface area contributed by atoms with Crippen LogP contribution in [0, 0.1) is 16.7 Å². The van der Waals surface area contributed by atoms with Gasteiger partial charge in [0.05, 0.1) is 6.10 Å². The van der Waals surface area contributed by atoms with Gasteiger partial charge in [-0.05, 0) is 42.9 Å². The zero-order chi connectivity index (χ0) is 13.4. The average Bonchev–Trinajstić information content (AvgIpc) is 2.51. The van der Waals surface area contributed by atoms with Gasteiger partial charge < -0.3 is 15.3 Å². The number of carbonyl (C=O) groups is 1. The fraction of sp³-hybridized carbons (Fsp3) is 0.923. The Labute approximate surface area is 103 Å². The van der Waals surface area contributed by atoms with E-state index in [0.717, 1.165) is 12.3 Å². The summed E-state index contributed by atoms with van der Waals surface area (Å²) >= 11 is 0. The Balaban J connectivity index is 0.000000209. The first-order valence-corrected chi connectivity index (χ1v) is 6.22. The first-order valence-electron chi connectivity index (χ1n) is 6.22. The van der Waals surface area contributed by atoms with Crippen LogP contribution in [0.5, 0.6) is 0 Å². The molecule has 2 aliphatic carbocycles. The first-order chi connectivity index (χ1) is 7.63. The molecule has 0 aromatic rings. The molecule has 100 valence electrons. The summed E-state index contributed by atoms with van der Waals surface area (Å²) in [5.74, 6) is -0.405. The molecule has 0 heterocycles. The van der Waals surface area contributed by atoms with Crippen LogP contribution in [0.1, 0.15) is 47.0 Å². The summed E-state index contributed by atoms with van der Waals surface area (Å²) in [6.07, 6.45) is 2.34. The highest BCUT2D eigenvalue weighted by Crippen LogP contribution is 2.65. The molecule has 2 fully saturated rings. The Kier molecular flexibility index (Phi) is 3.89. The minimum atomic E-state index is -1.23. The molecule has 0 spiro atoms. The van der Waals surface area contributed by atoms with Crippen molar-refractivity contribution in [2.24, 2.45) is 16.7 Å². The number of hydrogen-bond donors (Lipinski definition) is 3. The van der Waals surface area contributed by atoms with E-state index in [-0.39, 0.29) is 11.5 Å². The number of aliphatic hydroxyl groups is 2. The van der Waals surface area contributed by atoms with Crippen molar-refractivity contribution >= 4 is 5.97 Å². The minimum absolute atomic E-state index is 0.0313. The van der Waals surface area contributed by atoms with Gasteiger partial charge >= 0.3 is 5.97 Å². The summed E-state index contributed by atoms with van der Waals surface area (Å²) in [6.45, 7) is 8.09. The van der Waals surface area contributed by atoms with E-state index in [1.165, 1.54) is 19.8 Å². The van der Waals surface area contributed by atoms with Gasteiger partial charge in [0, 0.05) is 0 Å². The average molecular weight is 244 g/mol. The summed E-state index contributed by atoms with van der Waals surface area (Å²) in [4.78, 5) is 9.45. The van der Waals surface area contributed by atoms with Gasteiger partial charge in [-0.3, -0.25) is 0 Å². The topological polar surface area (TPSA) is 77.8 Å². The van der Waals surface area contributed by atoms with E-state index >= 15 is 0 Å². The number of fused-ring (bicyclic) bond motifs is 2. The molecular weight excluding hydrogens is 220 g/mol. The standard InChI is InChI=1S/C10H18O.C3H6O3/c1-9(2)7-4-5-10(9,3)8(11)6-7;1-2(4)3(5)6/h7-8,11H,4-6H2,1-3H3;2,4H,1H3,(H,5,6). The smallest absolute Gasteiger partial charge is 0.332 e. The van der Waals surface area contributed by atoms with Crippen LogP contribution in [0.15, 0.2) is 0 Å². The SMILES string of the molecule is CC(O)C(=O)O.CC1(C)C2CCC1(C)C(O)C2. The fourth-order valence-corrected chi connectivity index (χ4v) is 3.16. The fourth-order valence-electron chi connectivity index (χ4n) is 3.16. The van der Waals surface area contributed by atoms with Crippen molar-refractivity contribution in [3.8, 4) is 0 Å². The second-order valence-corrected chi connectivity index (χ2v) is 6.14. The van der Waals surface area contributed by atoms with Crippen molar-refractivity contribution in [2.75, 3.05) is 0 Å². The Morgan fingerprint density at radius 2 is 1.82 bits per heavy atom. The second-order valence-electron chi connectivity index (χ2n) is 6.14. The van der Waals surface area contributed by atoms with E-state index in [2.05, 4.69) is 20.8 Å². The molecule has 4 heteroatoms. The number of rotatable bonds is 1. The van der Waals surface area contributed by atoms with E-state index in [1.54, 1.807) is 0 Å². The molecule has 4 nitrogen and oxygen atoms in total. The predicted molar refractivity (Wildman–Crippen MR) is 64.6 cm³/mol. The lowest BCUT2D eigenvalue weighted by Gasteiger charge is -2.36. The summed E-state index contributed by atoms with van der Waals surface area (Å²) in [5.41, 5.74) is 0.601. The first kappa shape index (κ1) is 14.5. The third kappa shape index (κ3) is 2.33. The van der Waals surface area contributed by atoms with E-state index in [4.69, 9.17) is 10.2 Å². The van der Waals surface area contributed by atoms with Crippen LogP contribution in [0.2, 0.25) is 0 Å². The molecule has 2 saturated carbocycles. The van der Waals surface area contributed by atoms with E-state index in [1.807, 2.05) is 0 Å². The van der Waals surface area contributed by atoms with Crippen LogP contribution in [0.4, 0.5) is 0 Å². The zero-order valence-electron chi connectivity index (χ0n) is 11.1. The van der Waals surface area contributed by atoms with Gasteiger partial charge in [0.25, 0.3) is 0 Å². The van der Waals surface area contributed by atoms with Crippen LogP contribution >= 0.6 is 0 Å². The summed E-state index contributed by atoms with van der Waals surface area (Å²) in [6, 6.07) is 0. The largest absolute Gasteiger partial charge is 0.479 e. The molecular formula is C13H24O4. The van der Waals surface area contributed by atoms with Gasteiger partial charge in [-0.1, -0.05) is 20.8 Å². The maximum absolute atomic E-state index is 9.81. The molecule has 0 saturated heterocycles. The normalized spacial score (nSPS) is 39.4. The number of hydrogen-bond acceptors (Lipinski definition) is 3. The summed E-state index contributed by atoms with van der Waals surface area (Å²) < 4.78 is 0. The number of aliphatic carboxylic acids is 1.